The summed E-state index contributed by atoms with van der Waals surface area (Å²) in [7, 11) is 1.56. The van der Waals surface area contributed by atoms with Crippen molar-refractivity contribution in [3.8, 4) is 0 Å². The minimum Gasteiger partial charge on any atom is -0.453 e. The third-order valence-corrected chi connectivity index (χ3v) is 6.23. The van der Waals surface area contributed by atoms with E-state index >= 15 is 0 Å². The molecule has 0 bridgehead atoms. The highest BCUT2D eigenvalue weighted by Gasteiger charge is 2.65. The van der Waals surface area contributed by atoms with E-state index in [0.29, 0.717) is 18.3 Å². The number of ether oxygens (including phenoxy) is 2. The van der Waals surface area contributed by atoms with E-state index in [1.165, 1.54) is 0 Å². The Balaban J connectivity index is 1.88. The van der Waals surface area contributed by atoms with Crippen molar-refractivity contribution in [3.63, 3.8) is 0 Å². The highest BCUT2D eigenvalue weighted by atomic mass is 16.6. The highest BCUT2D eigenvalue weighted by Crippen LogP contribution is 2.67. The number of esters is 1. The van der Waals surface area contributed by atoms with Gasteiger partial charge < -0.3 is 9.47 Å². The van der Waals surface area contributed by atoms with Crippen molar-refractivity contribution in [2.75, 3.05) is 7.11 Å². The quantitative estimate of drug-likeness (QED) is 0.436. The summed E-state index contributed by atoms with van der Waals surface area (Å²) >= 11 is 0. The van der Waals surface area contributed by atoms with Crippen LogP contribution < -0.4 is 0 Å². The molecular weight excluding hydrogens is 356 g/mol. The van der Waals surface area contributed by atoms with Crippen molar-refractivity contribution < 1.29 is 24.1 Å². The molecule has 3 rings (SSSR count). The first-order chi connectivity index (χ1) is 12.5. The van der Waals surface area contributed by atoms with E-state index in [9.17, 15) is 25.0 Å². The van der Waals surface area contributed by atoms with Gasteiger partial charge in [0, 0.05) is 19.2 Å². The first-order valence-corrected chi connectivity index (χ1v) is 8.69. The molecule has 0 radical (unpaired) electrons. The van der Waals surface area contributed by atoms with Gasteiger partial charge in [-0.05, 0) is 37.0 Å². The molecule has 0 amide bonds. The number of methoxy groups -OCH3 is 1. The van der Waals surface area contributed by atoms with E-state index in [1.54, 1.807) is 14.0 Å². The van der Waals surface area contributed by atoms with Gasteiger partial charge in [-0.25, -0.2) is 4.79 Å². The largest absolute Gasteiger partial charge is 0.453 e. The summed E-state index contributed by atoms with van der Waals surface area (Å²) in [6, 6.07) is 2.80. The van der Waals surface area contributed by atoms with Crippen LogP contribution in [-0.4, -0.2) is 34.6 Å². The van der Waals surface area contributed by atoms with E-state index in [4.69, 9.17) is 9.47 Å². The summed E-state index contributed by atoms with van der Waals surface area (Å²) in [6.07, 6.45) is 1.07. The molecule has 27 heavy (non-hydrogen) atoms. The number of nitro benzene ring substituents is 2. The molecule has 0 N–H and O–H groups in total. The van der Waals surface area contributed by atoms with Crippen LogP contribution in [0.3, 0.4) is 0 Å². The Bertz CT molecular complexity index is 790. The van der Waals surface area contributed by atoms with E-state index in [2.05, 4.69) is 13.8 Å². The van der Waals surface area contributed by atoms with E-state index in [1.807, 2.05) is 0 Å². The maximum Gasteiger partial charge on any atom is 0.339 e. The van der Waals surface area contributed by atoms with E-state index in [0.717, 1.165) is 24.6 Å². The van der Waals surface area contributed by atoms with Crippen LogP contribution in [0.15, 0.2) is 18.2 Å². The monoisotopic (exact) mass is 378 g/mol. The summed E-state index contributed by atoms with van der Waals surface area (Å²) in [5.74, 6) is 0.0810. The van der Waals surface area contributed by atoms with Crippen molar-refractivity contribution in [3.05, 3.63) is 44.0 Å². The first-order valence-electron chi connectivity index (χ1n) is 8.69. The molecule has 0 unspecified atom stereocenters. The average Bonchev–Trinajstić information content (AvgIpc) is 3.11. The lowest BCUT2D eigenvalue weighted by atomic mass is 9.83. The van der Waals surface area contributed by atoms with Crippen molar-refractivity contribution in [1.29, 1.82) is 0 Å². The second kappa shape index (κ2) is 6.26. The Hall–Kier alpha value is -2.55. The number of nitro groups is 2. The highest BCUT2D eigenvalue weighted by molar-refractivity contribution is 5.91. The number of carbonyl (C=O) groups is 1. The molecule has 1 aromatic rings. The van der Waals surface area contributed by atoms with E-state index < -0.39 is 32.8 Å². The predicted octanol–water partition coefficient (Wildman–Crippen LogP) is 3.50. The normalized spacial score (nSPS) is 30.9. The minimum atomic E-state index is -0.903. The van der Waals surface area contributed by atoms with Gasteiger partial charge in [-0.15, -0.1) is 0 Å². The minimum absolute atomic E-state index is 0.158. The standard InChI is InChI=1S/C18H22N2O7/c1-17(2)13-8-15(26-4)18(3,9-14(13)17)27-16(21)10-5-11(19(22)23)7-12(6-10)20(24)25/h5-7,13-15H,8-9H2,1-4H3/t13-,14+,15+,18+/m1/s1. The number of hydrogen-bond donors (Lipinski definition) is 0. The fourth-order valence-corrected chi connectivity index (χ4v) is 4.43. The van der Waals surface area contributed by atoms with Crippen LogP contribution >= 0.6 is 0 Å². The molecular formula is C18H22N2O7. The molecule has 2 aliphatic carbocycles. The van der Waals surface area contributed by atoms with Gasteiger partial charge in [-0.1, -0.05) is 13.8 Å². The molecule has 4 atom stereocenters. The summed E-state index contributed by atoms with van der Waals surface area (Å²) in [5, 5.41) is 22.1. The van der Waals surface area contributed by atoms with Gasteiger partial charge in [0.2, 0.25) is 0 Å². The molecule has 9 nitrogen and oxygen atoms in total. The number of nitrogens with zero attached hydrogens (tertiary/aromatic N) is 2. The SMILES string of the molecule is CO[C@H]1C[C@@H]2[C@H](C[C@]1(C)OC(=O)c1cc([N+](=O)[O-])cc([N+](=O)[O-])c1)C2(C)C. The van der Waals surface area contributed by atoms with Gasteiger partial charge in [0.25, 0.3) is 11.4 Å². The second-order valence-electron chi connectivity index (χ2n) is 8.15. The molecule has 9 heteroatoms. The molecule has 146 valence electrons. The van der Waals surface area contributed by atoms with Crippen LogP contribution in [-0.2, 0) is 9.47 Å². The molecule has 0 spiro atoms. The lowest BCUT2D eigenvalue weighted by Gasteiger charge is -2.39. The Morgan fingerprint density at radius 1 is 1.07 bits per heavy atom. The van der Waals surface area contributed by atoms with Crippen LogP contribution in [0.25, 0.3) is 0 Å². The zero-order valence-electron chi connectivity index (χ0n) is 15.6. The fraction of sp³-hybridized carbons (Fsp3) is 0.611. The van der Waals surface area contributed by atoms with Gasteiger partial charge in [-0.3, -0.25) is 20.2 Å². The third-order valence-electron chi connectivity index (χ3n) is 6.23. The Morgan fingerprint density at radius 3 is 2.11 bits per heavy atom. The number of benzene rings is 1. The van der Waals surface area contributed by atoms with Crippen LogP contribution in [0.2, 0.25) is 0 Å². The fourth-order valence-electron chi connectivity index (χ4n) is 4.43. The predicted molar refractivity (Wildman–Crippen MR) is 94.4 cm³/mol. The molecule has 0 heterocycles. The van der Waals surface area contributed by atoms with Gasteiger partial charge in [0.15, 0.2) is 0 Å². The van der Waals surface area contributed by atoms with Gasteiger partial charge in [0.05, 0.1) is 27.6 Å². The number of carbonyl (C=O) groups excluding carboxylic acids is 1. The molecule has 2 aliphatic rings. The number of rotatable bonds is 5. The average molecular weight is 378 g/mol. The van der Waals surface area contributed by atoms with Crippen LogP contribution in [0.5, 0.6) is 0 Å². The van der Waals surface area contributed by atoms with Crippen LogP contribution in [0.1, 0.15) is 44.0 Å². The summed E-state index contributed by atoms with van der Waals surface area (Å²) in [4.78, 5) is 33.2. The van der Waals surface area contributed by atoms with Crippen molar-refractivity contribution >= 4 is 17.3 Å². The van der Waals surface area contributed by atoms with Crippen molar-refractivity contribution in [2.24, 2.45) is 17.3 Å². The van der Waals surface area contributed by atoms with Crippen molar-refractivity contribution in [2.45, 2.75) is 45.3 Å². The lowest BCUT2D eigenvalue weighted by Crippen LogP contribution is -2.47. The van der Waals surface area contributed by atoms with Gasteiger partial charge >= 0.3 is 5.97 Å². The number of hydrogen-bond acceptors (Lipinski definition) is 7. The maximum absolute atomic E-state index is 12.7. The Labute approximate surface area is 155 Å². The Morgan fingerprint density at radius 2 is 1.63 bits per heavy atom. The summed E-state index contributed by atoms with van der Waals surface area (Å²) in [6.45, 7) is 6.13. The lowest BCUT2D eigenvalue weighted by molar-refractivity contribution is -0.394. The van der Waals surface area contributed by atoms with Gasteiger partial charge in [-0.2, -0.15) is 0 Å². The molecule has 0 saturated heterocycles. The summed E-state index contributed by atoms with van der Waals surface area (Å²) < 4.78 is 11.3. The van der Waals surface area contributed by atoms with E-state index in [-0.39, 0.29) is 17.1 Å². The molecule has 1 aromatic carbocycles. The number of fused-ring (bicyclic) bond motifs is 1. The second-order valence-corrected chi connectivity index (χ2v) is 8.15. The topological polar surface area (TPSA) is 122 Å². The van der Waals surface area contributed by atoms with Crippen LogP contribution in [0, 0.1) is 37.5 Å². The molecule has 2 fully saturated rings. The first kappa shape index (κ1) is 19.2. The summed E-state index contributed by atoms with van der Waals surface area (Å²) in [5.41, 5.74) is -2.02. The smallest absolute Gasteiger partial charge is 0.339 e. The zero-order chi connectivity index (χ0) is 20.1. The number of non-ortho nitro benzene ring substituents is 2. The Kier molecular flexibility index (Phi) is 4.46. The molecule has 0 aliphatic heterocycles. The van der Waals surface area contributed by atoms with Gasteiger partial charge in [0.1, 0.15) is 5.60 Å². The maximum atomic E-state index is 12.7. The zero-order valence-corrected chi connectivity index (χ0v) is 15.6. The van der Waals surface area contributed by atoms with Crippen molar-refractivity contribution in [1.82, 2.24) is 0 Å². The third kappa shape index (κ3) is 3.27. The molecule has 0 aromatic heterocycles. The molecule has 2 saturated carbocycles. The van der Waals surface area contributed by atoms with Crippen LogP contribution in [0.4, 0.5) is 11.4 Å².